The van der Waals surface area contributed by atoms with Crippen molar-refractivity contribution in [3.05, 3.63) is 42.0 Å². The molecule has 1 aromatic carbocycles. The van der Waals surface area contributed by atoms with Crippen molar-refractivity contribution in [1.82, 2.24) is 19.9 Å². The Kier molecular flexibility index (Phi) is 18.6. The minimum absolute atomic E-state index is 0.0923. The van der Waals surface area contributed by atoms with Crippen LogP contribution >= 0.6 is 0 Å². The summed E-state index contributed by atoms with van der Waals surface area (Å²) in [6, 6.07) is 5.52. The topological polar surface area (TPSA) is 214 Å². The summed E-state index contributed by atoms with van der Waals surface area (Å²) < 4.78 is 59.5. The van der Waals surface area contributed by atoms with Gasteiger partial charge in [-0.2, -0.15) is 0 Å². The molecule has 67 heavy (non-hydrogen) atoms. The summed E-state index contributed by atoms with van der Waals surface area (Å²) in [6.45, 7) is 18.5. The van der Waals surface area contributed by atoms with Crippen LogP contribution in [0.1, 0.15) is 101 Å². The van der Waals surface area contributed by atoms with Gasteiger partial charge in [-0.1, -0.05) is 45.9 Å². The molecule has 2 aromatic rings. The number of aliphatic hydroxyl groups is 4. The number of ether oxygens (including phenoxy) is 7. The zero-order chi connectivity index (χ0) is 49.8. The lowest BCUT2D eigenvalue weighted by atomic mass is 9.67. The third-order valence-electron chi connectivity index (χ3n) is 15.2. The van der Waals surface area contributed by atoms with Crippen molar-refractivity contribution in [3.63, 3.8) is 0 Å². The average molecular weight is 951 g/mol. The number of halogens is 1. The third-order valence-corrected chi connectivity index (χ3v) is 15.2. The maximum atomic E-state index is 14.6. The Morgan fingerprint density at radius 2 is 1.64 bits per heavy atom. The van der Waals surface area contributed by atoms with Gasteiger partial charge < -0.3 is 58.5 Å². The zero-order valence-electron chi connectivity index (χ0n) is 41.8. The first-order valence-corrected chi connectivity index (χ1v) is 24.0. The number of hydrogen-bond donors (Lipinski definition) is 4. The van der Waals surface area contributed by atoms with Gasteiger partial charge in [-0.25, -0.2) is 9.07 Å². The van der Waals surface area contributed by atoms with Crippen LogP contribution in [0.25, 0.3) is 0 Å². The molecule has 0 saturated carbocycles. The predicted molar refractivity (Wildman–Crippen MR) is 244 cm³/mol. The molecule has 380 valence electrons. The number of hydrogen-bond acceptors (Lipinski definition) is 16. The van der Waals surface area contributed by atoms with E-state index in [0.29, 0.717) is 31.7 Å². The van der Waals surface area contributed by atoms with Crippen LogP contribution in [0.3, 0.4) is 0 Å². The number of esters is 1. The van der Waals surface area contributed by atoms with Gasteiger partial charge in [-0.3, -0.25) is 9.59 Å². The molecule has 0 aliphatic carbocycles. The second-order valence-electron chi connectivity index (χ2n) is 20.3. The van der Waals surface area contributed by atoms with E-state index < -0.39 is 107 Å². The number of methoxy groups -OCH3 is 2. The van der Waals surface area contributed by atoms with Gasteiger partial charge in [0.25, 0.3) is 0 Å². The molecule has 1 unspecified atom stereocenters. The van der Waals surface area contributed by atoms with Crippen LogP contribution in [-0.4, -0.2) is 164 Å². The second kappa shape index (κ2) is 22.7. The summed E-state index contributed by atoms with van der Waals surface area (Å²) in [4.78, 5) is 30.8. The van der Waals surface area contributed by atoms with Crippen molar-refractivity contribution in [2.24, 2.45) is 29.6 Å². The molecule has 4 N–H and O–H groups in total. The van der Waals surface area contributed by atoms with Gasteiger partial charge in [-0.15, -0.1) is 5.10 Å². The number of rotatable bonds is 14. The summed E-state index contributed by atoms with van der Waals surface area (Å²) in [6.07, 6.45) is -5.61. The van der Waals surface area contributed by atoms with E-state index in [1.54, 1.807) is 58.4 Å². The minimum Gasteiger partial charge on any atom is -0.492 e. The molecule has 3 saturated heterocycles. The van der Waals surface area contributed by atoms with Crippen LogP contribution in [0.4, 0.5) is 4.39 Å². The molecule has 17 nitrogen and oxygen atoms in total. The lowest BCUT2D eigenvalue weighted by Gasteiger charge is -2.52. The Bertz CT molecular complexity index is 1920. The van der Waals surface area contributed by atoms with Crippen LogP contribution in [-0.2, 0) is 51.0 Å². The van der Waals surface area contributed by atoms with Crippen molar-refractivity contribution >= 4 is 11.8 Å². The Hall–Kier alpha value is -3.17. The molecule has 0 spiro atoms. The molecule has 4 heterocycles. The number of likely N-dealkylation sites (N-methyl/N-ethyl adjacent to an activating group) is 1. The van der Waals surface area contributed by atoms with Crippen LogP contribution in [0.5, 0.6) is 5.75 Å². The van der Waals surface area contributed by atoms with Gasteiger partial charge >= 0.3 is 5.97 Å². The Balaban J connectivity index is 1.46. The largest absolute Gasteiger partial charge is 0.492 e. The number of aromatic nitrogens is 3. The maximum absolute atomic E-state index is 14.6. The lowest BCUT2D eigenvalue weighted by Crippen LogP contribution is -2.62. The van der Waals surface area contributed by atoms with Crippen LogP contribution in [0, 0.1) is 35.4 Å². The Morgan fingerprint density at radius 3 is 2.28 bits per heavy atom. The van der Waals surface area contributed by atoms with Crippen molar-refractivity contribution in [3.8, 4) is 5.75 Å². The number of cyclic esters (lactones) is 1. The van der Waals surface area contributed by atoms with Gasteiger partial charge in [0, 0.05) is 69.7 Å². The molecular formula is C49H79FN4O13. The summed E-state index contributed by atoms with van der Waals surface area (Å²) in [5.41, 5.74) is -3.60. The highest BCUT2D eigenvalue weighted by molar-refractivity contribution is 5.83. The summed E-state index contributed by atoms with van der Waals surface area (Å²) in [7, 11) is 4.96. The molecular weight excluding hydrogens is 872 g/mol. The second-order valence-corrected chi connectivity index (χ2v) is 20.3. The fraction of sp³-hybridized carbons (Fsp3) is 0.796. The first kappa shape index (κ1) is 54.8. The first-order valence-electron chi connectivity index (χ1n) is 24.0. The number of Topliss-reactive ketones (excluding diaryl/α,β-unsaturated/α-hetero) is 1. The van der Waals surface area contributed by atoms with Crippen LogP contribution in [0.15, 0.2) is 30.5 Å². The van der Waals surface area contributed by atoms with Crippen molar-refractivity contribution in [1.29, 1.82) is 0 Å². The molecule has 18 atom stereocenters. The number of benzene rings is 1. The third kappa shape index (κ3) is 12.4. The zero-order valence-corrected chi connectivity index (χ0v) is 41.8. The minimum atomic E-state index is -1.98. The molecule has 0 amide bonds. The monoisotopic (exact) mass is 951 g/mol. The molecule has 0 bridgehead atoms. The predicted octanol–water partition coefficient (Wildman–Crippen LogP) is 4.14. The molecule has 3 aliphatic heterocycles. The maximum Gasteiger partial charge on any atom is 0.309 e. The van der Waals surface area contributed by atoms with Crippen molar-refractivity contribution in [2.75, 3.05) is 34.4 Å². The number of aliphatic hydroxyl groups excluding tert-OH is 3. The SMILES string of the molecule is CC[C@H]1OC(=O)[C@H](C)[C@@H](C2C[C@@](C)(OC)[C@@H](O)[C@H](C)O2)[C@H](C)[C@@H](O[C@@H]2O[C@H](C)C[C@H](N(C)CCc3cn(CCOc4cccc(F)c4)nn3)[C@H]2O)[C@](C)(OC)C[C@@H](C)C(=O)[C@H](C)[C@@H](O)[C@]1(C)O. The van der Waals surface area contributed by atoms with E-state index in [2.05, 4.69) is 10.3 Å². The van der Waals surface area contributed by atoms with E-state index in [1.807, 2.05) is 38.9 Å². The van der Waals surface area contributed by atoms with E-state index in [0.717, 1.165) is 5.69 Å². The van der Waals surface area contributed by atoms with Gasteiger partial charge in [0.05, 0.1) is 59.9 Å². The van der Waals surface area contributed by atoms with Crippen molar-refractivity contribution in [2.45, 2.75) is 186 Å². The van der Waals surface area contributed by atoms with Gasteiger partial charge in [-0.05, 0) is 79.0 Å². The van der Waals surface area contributed by atoms with Gasteiger partial charge in [0.1, 0.15) is 47.9 Å². The fourth-order valence-electron chi connectivity index (χ4n) is 10.9. The van der Waals surface area contributed by atoms with Crippen molar-refractivity contribution < 1.29 is 67.6 Å². The Morgan fingerprint density at radius 1 is 0.955 bits per heavy atom. The van der Waals surface area contributed by atoms with E-state index >= 15 is 0 Å². The molecule has 5 rings (SSSR count). The van der Waals surface area contributed by atoms with E-state index in [9.17, 15) is 34.4 Å². The standard InChI is InChI=1S/C49H79FN4O13/c1-14-38-49(10,60)42(57)31(6)40(55)27(2)24-48(9,62-13)44(29(4)39(30(5)45(59)66-38)37-25-47(8,61-12)43(58)32(7)65-37)67-46-41(56)36(22-28(3)64-46)53(11)19-18-34-26-54(52-51-34)20-21-63-35-17-15-16-33(50)23-35/h15-17,23,26-32,36-39,41-44,46,56-58,60H,14,18-22,24-25H2,1-13H3/t27-,28-,29+,30-,31+,32+,36+,37?,38-,39+,41-,42-,43+,44-,46+,47-,48-,49-/m1/s1. The summed E-state index contributed by atoms with van der Waals surface area (Å²) >= 11 is 0. The normalized spacial score (nSPS) is 40.6. The quantitative estimate of drug-likeness (QED) is 0.196. The number of ketones is 1. The highest BCUT2D eigenvalue weighted by atomic mass is 19.1. The van der Waals surface area contributed by atoms with E-state index in [4.69, 9.17) is 33.2 Å². The fourth-order valence-corrected chi connectivity index (χ4v) is 10.9. The smallest absolute Gasteiger partial charge is 0.309 e. The van der Waals surface area contributed by atoms with Gasteiger partial charge in [0.15, 0.2) is 6.29 Å². The summed E-state index contributed by atoms with van der Waals surface area (Å²) in [5.74, 6) is -5.03. The molecule has 0 radical (unpaired) electrons. The van der Waals surface area contributed by atoms with E-state index in [1.165, 1.54) is 33.3 Å². The Labute approximate surface area is 395 Å². The van der Waals surface area contributed by atoms with Gasteiger partial charge in [0.2, 0.25) is 0 Å². The number of carbonyl (C=O) groups excluding carboxylic acids is 2. The molecule has 3 fully saturated rings. The summed E-state index contributed by atoms with van der Waals surface area (Å²) in [5, 5.41) is 55.5. The number of carbonyl (C=O) groups is 2. The van der Waals surface area contributed by atoms with Crippen LogP contribution < -0.4 is 4.74 Å². The number of nitrogens with zero attached hydrogens (tertiary/aromatic N) is 4. The highest BCUT2D eigenvalue weighted by Crippen LogP contribution is 2.46. The molecule has 3 aliphatic rings. The van der Waals surface area contributed by atoms with Crippen LogP contribution in [0.2, 0.25) is 0 Å². The molecule has 1 aromatic heterocycles. The first-order chi connectivity index (χ1) is 31.4. The lowest BCUT2D eigenvalue weighted by molar-refractivity contribution is -0.305. The molecule has 18 heteroatoms. The van der Waals surface area contributed by atoms with E-state index in [-0.39, 0.29) is 43.6 Å². The average Bonchev–Trinajstić information content (AvgIpc) is 3.75. The highest BCUT2D eigenvalue weighted by Gasteiger charge is 2.56.